The van der Waals surface area contributed by atoms with Gasteiger partial charge in [-0.2, -0.15) is 0 Å². The maximum Gasteiger partial charge on any atom is 0.265 e. The molecule has 0 saturated heterocycles. The Balaban J connectivity index is 3.54. The molecular weight excluding hydrogens is 216 g/mol. The van der Waals surface area contributed by atoms with E-state index >= 15 is 0 Å². The molecule has 1 aromatic rings. The molecular formula is C6H7F2N3O2S. The molecule has 1 heterocycles. The number of hydrogen-bond acceptors (Lipinski definition) is 4. The molecule has 0 fully saturated rings. The summed E-state index contributed by atoms with van der Waals surface area (Å²) in [6, 6.07) is 0.862. The molecule has 5 nitrogen and oxygen atoms in total. The Morgan fingerprint density at radius 3 is 2.36 bits per heavy atom. The van der Waals surface area contributed by atoms with Crippen molar-refractivity contribution in [3.63, 3.8) is 0 Å². The molecule has 14 heavy (non-hydrogen) atoms. The van der Waals surface area contributed by atoms with E-state index in [1.807, 2.05) is 0 Å². The molecule has 78 valence electrons. The van der Waals surface area contributed by atoms with E-state index in [1.165, 1.54) is 0 Å². The molecule has 0 saturated carbocycles. The Kier molecular flexibility index (Phi) is 2.67. The third-order valence-corrected chi connectivity index (χ3v) is 2.50. The zero-order valence-electron chi connectivity index (χ0n) is 6.81. The van der Waals surface area contributed by atoms with Gasteiger partial charge >= 0.3 is 0 Å². The van der Waals surface area contributed by atoms with E-state index in [0.717, 1.165) is 12.3 Å². The Labute approximate surface area is 78.8 Å². The fraction of sp³-hybridized carbons (Fsp3) is 0.167. The molecule has 0 unspecified atom stereocenters. The Morgan fingerprint density at radius 2 is 2.00 bits per heavy atom. The molecule has 0 aliphatic carbocycles. The molecule has 0 aliphatic heterocycles. The first-order chi connectivity index (χ1) is 6.34. The van der Waals surface area contributed by atoms with Gasteiger partial charge in [-0.05, 0) is 6.07 Å². The lowest BCUT2D eigenvalue weighted by molar-refractivity contribution is 0.148. The maximum absolute atomic E-state index is 12.3. The van der Waals surface area contributed by atoms with Gasteiger partial charge in [-0.25, -0.2) is 27.3 Å². The molecule has 0 aliphatic rings. The SMILES string of the molecule is Nc1nccc(C(F)F)c1S(N)(=O)=O. The molecule has 0 spiro atoms. The van der Waals surface area contributed by atoms with Crippen molar-refractivity contribution < 1.29 is 17.2 Å². The second-order valence-electron chi connectivity index (χ2n) is 2.46. The molecule has 4 N–H and O–H groups in total. The number of primary sulfonamides is 1. The number of alkyl halides is 2. The maximum atomic E-state index is 12.3. The molecule has 0 amide bonds. The van der Waals surface area contributed by atoms with E-state index in [4.69, 9.17) is 10.9 Å². The number of pyridine rings is 1. The highest BCUT2D eigenvalue weighted by atomic mass is 32.2. The minimum absolute atomic E-state index is 0.523. The van der Waals surface area contributed by atoms with E-state index in [-0.39, 0.29) is 0 Å². The largest absolute Gasteiger partial charge is 0.383 e. The summed E-state index contributed by atoms with van der Waals surface area (Å²) in [5.74, 6) is -0.523. The average molecular weight is 223 g/mol. The van der Waals surface area contributed by atoms with Crippen LogP contribution in [0.1, 0.15) is 12.0 Å². The third kappa shape index (κ3) is 1.96. The fourth-order valence-corrected chi connectivity index (χ4v) is 1.79. The highest BCUT2D eigenvalue weighted by molar-refractivity contribution is 7.89. The Bertz CT molecular complexity index is 446. The summed E-state index contributed by atoms with van der Waals surface area (Å²) in [5, 5.41) is 4.72. The molecule has 1 aromatic heterocycles. The topological polar surface area (TPSA) is 99.1 Å². The van der Waals surface area contributed by atoms with Crippen LogP contribution in [-0.2, 0) is 10.0 Å². The minimum atomic E-state index is -4.28. The summed E-state index contributed by atoms with van der Waals surface area (Å²) in [6.45, 7) is 0. The van der Waals surface area contributed by atoms with Crippen molar-refractivity contribution >= 4 is 15.8 Å². The van der Waals surface area contributed by atoms with Gasteiger partial charge in [0.1, 0.15) is 10.7 Å². The van der Waals surface area contributed by atoms with Crippen LogP contribution in [0, 0.1) is 0 Å². The number of halogens is 2. The van der Waals surface area contributed by atoms with Crippen molar-refractivity contribution in [1.29, 1.82) is 0 Å². The monoisotopic (exact) mass is 223 g/mol. The van der Waals surface area contributed by atoms with Crippen LogP contribution in [0.5, 0.6) is 0 Å². The van der Waals surface area contributed by atoms with E-state index in [2.05, 4.69) is 4.98 Å². The van der Waals surface area contributed by atoms with Crippen LogP contribution in [0.25, 0.3) is 0 Å². The van der Waals surface area contributed by atoms with Gasteiger partial charge in [0, 0.05) is 11.8 Å². The summed E-state index contributed by atoms with van der Waals surface area (Å²) < 4.78 is 46.5. The zero-order valence-corrected chi connectivity index (χ0v) is 7.63. The van der Waals surface area contributed by atoms with Gasteiger partial charge in [-0.15, -0.1) is 0 Å². The summed E-state index contributed by atoms with van der Waals surface area (Å²) in [6.07, 6.45) is -1.97. The molecule has 0 aromatic carbocycles. The number of nitrogen functional groups attached to an aromatic ring is 1. The lowest BCUT2D eigenvalue weighted by Crippen LogP contribution is -2.17. The average Bonchev–Trinajstić information content (AvgIpc) is 2.01. The first kappa shape index (κ1) is 10.8. The van der Waals surface area contributed by atoms with Crippen LogP contribution >= 0.6 is 0 Å². The Hall–Kier alpha value is -1.28. The molecule has 0 radical (unpaired) electrons. The second kappa shape index (κ2) is 3.46. The van der Waals surface area contributed by atoms with E-state index in [9.17, 15) is 17.2 Å². The summed E-state index contributed by atoms with van der Waals surface area (Å²) in [4.78, 5) is 2.56. The van der Waals surface area contributed by atoms with Gasteiger partial charge in [-0.3, -0.25) is 0 Å². The summed E-state index contributed by atoms with van der Waals surface area (Å²) in [5.41, 5.74) is 4.41. The van der Waals surface area contributed by atoms with Crippen molar-refractivity contribution in [2.45, 2.75) is 11.3 Å². The second-order valence-corrected chi connectivity index (χ2v) is 3.96. The standard InChI is InChI=1S/C6H7F2N3O2S/c7-5(8)3-1-2-11-6(9)4(3)14(10,12)13/h1-2,5H,(H2,9,11)(H2,10,12,13). The summed E-state index contributed by atoms with van der Waals surface area (Å²) in [7, 11) is -4.28. The zero-order chi connectivity index (χ0) is 10.9. The number of nitrogens with two attached hydrogens (primary N) is 2. The van der Waals surface area contributed by atoms with Crippen molar-refractivity contribution in [3.8, 4) is 0 Å². The normalized spacial score (nSPS) is 12.0. The van der Waals surface area contributed by atoms with Crippen molar-refractivity contribution in [2.24, 2.45) is 5.14 Å². The fourth-order valence-electron chi connectivity index (χ4n) is 0.962. The van der Waals surface area contributed by atoms with Gasteiger partial charge in [0.25, 0.3) is 6.43 Å². The van der Waals surface area contributed by atoms with Gasteiger partial charge in [0.15, 0.2) is 0 Å². The highest BCUT2D eigenvalue weighted by Crippen LogP contribution is 2.28. The summed E-state index contributed by atoms with van der Waals surface area (Å²) >= 11 is 0. The van der Waals surface area contributed by atoms with Crippen LogP contribution in [0.2, 0.25) is 0 Å². The first-order valence-corrected chi connectivity index (χ1v) is 4.94. The number of sulfonamides is 1. The van der Waals surface area contributed by atoms with Crippen LogP contribution in [0.3, 0.4) is 0 Å². The molecule has 1 rings (SSSR count). The van der Waals surface area contributed by atoms with Gasteiger partial charge in [0.05, 0.1) is 0 Å². The van der Waals surface area contributed by atoms with Crippen molar-refractivity contribution in [2.75, 3.05) is 5.73 Å². The van der Waals surface area contributed by atoms with Crippen LogP contribution in [0.4, 0.5) is 14.6 Å². The van der Waals surface area contributed by atoms with E-state index in [1.54, 1.807) is 0 Å². The number of aromatic nitrogens is 1. The van der Waals surface area contributed by atoms with E-state index < -0.39 is 32.7 Å². The van der Waals surface area contributed by atoms with Gasteiger partial charge in [0.2, 0.25) is 10.0 Å². The Morgan fingerprint density at radius 1 is 1.43 bits per heavy atom. The molecule has 0 atom stereocenters. The van der Waals surface area contributed by atoms with Crippen LogP contribution < -0.4 is 10.9 Å². The number of nitrogens with zero attached hydrogens (tertiary/aromatic N) is 1. The number of anilines is 1. The lowest BCUT2D eigenvalue weighted by atomic mass is 10.3. The van der Waals surface area contributed by atoms with Gasteiger partial charge in [-0.1, -0.05) is 0 Å². The third-order valence-electron chi connectivity index (χ3n) is 1.48. The molecule has 8 heteroatoms. The van der Waals surface area contributed by atoms with Crippen molar-refractivity contribution in [1.82, 2.24) is 4.98 Å². The highest BCUT2D eigenvalue weighted by Gasteiger charge is 2.23. The molecule has 0 bridgehead atoms. The lowest BCUT2D eigenvalue weighted by Gasteiger charge is -2.07. The predicted molar refractivity (Wildman–Crippen MR) is 45.0 cm³/mol. The van der Waals surface area contributed by atoms with Gasteiger partial charge < -0.3 is 5.73 Å². The minimum Gasteiger partial charge on any atom is -0.383 e. The smallest absolute Gasteiger partial charge is 0.265 e. The predicted octanol–water partition coefficient (Wildman–Crippen LogP) is 0.249. The number of rotatable bonds is 2. The van der Waals surface area contributed by atoms with E-state index in [0.29, 0.717) is 0 Å². The van der Waals surface area contributed by atoms with Crippen molar-refractivity contribution in [3.05, 3.63) is 17.8 Å². The quantitative estimate of drug-likeness (QED) is 0.750. The first-order valence-electron chi connectivity index (χ1n) is 3.39. The van der Waals surface area contributed by atoms with Crippen LogP contribution in [-0.4, -0.2) is 13.4 Å². The van der Waals surface area contributed by atoms with Crippen LogP contribution in [0.15, 0.2) is 17.2 Å². The number of hydrogen-bond donors (Lipinski definition) is 2.